The van der Waals surface area contributed by atoms with Gasteiger partial charge in [-0.3, -0.25) is 16.5 Å². The summed E-state index contributed by atoms with van der Waals surface area (Å²) in [5.41, 5.74) is 0. The Bertz CT molecular complexity index is 153. The van der Waals surface area contributed by atoms with E-state index in [0.29, 0.717) is 0 Å². The van der Waals surface area contributed by atoms with Crippen molar-refractivity contribution in [3.8, 4) is 0 Å². The molecule has 0 aliphatic rings. The molecule has 0 fully saturated rings. The van der Waals surface area contributed by atoms with Crippen LogP contribution in [0.2, 0.25) is 0 Å². The summed E-state index contributed by atoms with van der Waals surface area (Å²) >= 11 is 3.73. The van der Waals surface area contributed by atoms with E-state index in [1.54, 1.807) is 0 Å². The van der Waals surface area contributed by atoms with E-state index in [9.17, 15) is 9.59 Å². The van der Waals surface area contributed by atoms with Crippen LogP contribution in [0, 0.1) is 0 Å². The van der Waals surface area contributed by atoms with Crippen molar-refractivity contribution in [1.29, 1.82) is 0 Å². The van der Waals surface area contributed by atoms with E-state index in [1.807, 2.05) is 0 Å². The molecule has 0 radical (unpaired) electrons. The third-order valence-corrected chi connectivity index (χ3v) is 1.22. The number of hydrogen-bond acceptors (Lipinski definition) is 5. The van der Waals surface area contributed by atoms with Crippen molar-refractivity contribution >= 4 is 24.5 Å². The lowest BCUT2D eigenvalue weighted by Gasteiger charge is -2.08. The molecule has 6 N–H and O–H groups in total. The number of nitrogens with two attached hydrogens (primary N) is 2. The predicted molar refractivity (Wildman–Crippen MR) is 47.5 cm³/mol. The van der Waals surface area contributed by atoms with Gasteiger partial charge < -0.3 is 10.4 Å². The molecule has 1 unspecified atom stereocenters. The highest BCUT2D eigenvalue weighted by Gasteiger charge is 2.14. The molecule has 0 heterocycles. The molecular weight excluding hydrogens is 182 g/mol. The average molecular weight is 195 g/mol. The second-order valence-corrected chi connectivity index (χ2v) is 2.14. The Morgan fingerprint density at radius 3 is 2.08 bits per heavy atom. The van der Waals surface area contributed by atoms with E-state index in [1.165, 1.54) is 6.92 Å². The molecule has 0 saturated heterocycles. The van der Waals surface area contributed by atoms with E-state index in [2.05, 4.69) is 29.6 Å². The molecule has 72 valence electrons. The number of carboxylic acid groups (broad SMARTS) is 1. The Morgan fingerprint density at radius 2 is 2.00 bits per heavy atom. The molecule has 12 heavy (non-hydrogen) atoms. The van der Waals surface area contributed by atoms with Crippen LogP contribution in [-0.4, -0.2) is 28.8 Å². The third-order valence-electron chi connectivity index (χ3n) is 0.858. The maximum Gasteiger partial charge on any atom is 0.327 e. The normalized spacial score (nSPS) is 10.7. The lowest BCUT2D eigenvalue weighted by molar-refractivity contribution is -0.140. The van der Waals surface area contributed by atoms with E-state index >= 15 is 0 Å². The van der Waals surface area contributed by atoms with Crippen molar-refractivity contribution in [2.45, 2.75) is 13.0 Å². The number of carbonyl (C=O) groups is 2. The van der Waals surface area contributed by atoms with Crippen molar-refractivity contribution < 1.29 is 14.7 Å². The first kappa shape index (κ1) is 13.8. The highest BCUT2D eigenvalue weighted by Crippen LogP contribution is 1.86. The van der Waals surface area contributed by atoms with Crippen molar-refractivity contribution in [2.75, 3.05) is 5.75 Å². The van der Waals surface area contributed by atoms with Crippen molar-refractivity contribution in [3.05, 3.63) is 0 Å². The number of thiol groups is 1. The summed E-state index contributed by atoms with van der Waals surface area (Å²) in [6.07, 6.45) is 0. The third kappa shape index (κ3) is 7.32. The molecular formula is C5H13N3O3S. The predicted octanol–water partition coefficient (Wildman–Crippen LogP) is -1.68. The molecule has 0 bridgehead atoms. The summed E-state index contributed by atoms with van der Waals surface area (Å²) in [7, 11) is 0. The fourth-order valence-electron chi connectivity index (χ4n) is 0.431. The Balaban J connectivity index is 0. The van der Waals surface area contributed by atoms with Crippen molar-refractivity contribution in [2.24, 2.45) is 11.7 Å². The van der Waals surface area contributed by atoms with E-state index in [4.69, 9.17) is 5.11 Å². The molecule has 0 aromatic heterocycles. The van der Waals surface area contributed by atoms with Crippen LogP contribution in [0.3, 0.4) is 0 Å². The molecule has 6 nitrogen and oxygen atoms in total. The Labute approximate surface area is 75.7 Å². The van der Waals surface area contributed by atoms with Crippen LogP contribution in [0.15, 0.2) is 0 Å². The highest BCUT2D eigenvalue weighted by molar-refractivity contribution is 7.80. The number of hydrogen-bond donors (Lipinski definition) is 5. The number of carbonyl (C=O) groups excluding carboxylic acids is 1. The summed E-state index contributed by atoms with van der Waals surface area (Å²) in [5.74, 6) is 6.68. The second kappa shape index (κ2) is 8.31. The average Bonchev–Trinajstić information content (AvgIpc) is 2.03. The maximum absolute atomic E-state index is 10.3. The lowest BCUT2D eigenvalue weighted by atomic mass is 10.3. The Hall–Kier alpha value is -0.790. The monoisotopic (exact) mass is 195 g/mol. The first-order valence-electron chi connectivity index (χ1n) is 3.02. The van der Waals surface area contributed by atoms with Gasteiger partial charge in [-0.1, -0.05) is 0 Å². The van der Waals surface area contributed by atoms with Gasteiger partial charge >= 0.3 is 5.97 Å². The molecule has 0 aliphatic carbocycles. The van der Waals surface area contributed by atoms with Gasteiger partial charge in [0.25, 0.3) is 0 Å². The first-order valence-corrected chi connectivity index (χ1v) is 3.65. The number of aliphatic carboxylic acids is 1. The van der Waals surface area contributed by atoms with Gasteiger partial charge in [-0.2, -0.15) is 12.6 Å². The molecule has 1 atom stereocenters. The smallest absolute Gasteiger partial charge is 0.327 e. The molecule has 0 saturated carbocycles. The van der Waals surface area contributed by atoms with Crippen molar-refractivity contribution in [3.63, 3.8) is 0 Å². The second-order valence-electron chi connectivity index (χ2n) is 1.77. The maximum atomic E-state index is 10.3. The molecule has 0 spiro atoms. The summed E-state index contributed by atoms with van der Waals surface area (Å²) < 4.78 is 0. The summed E-state index contributed by atoms with van der Waals surface area (Å²) in [5, 5.41) is 10.6. The Morgan fingerprint density at radius 1 is 1.58 bits per heavy atom. The standard InChI is InChI=1S/C5H9NO3S.H4N2/c1-3(7)6-4(2-10)5(8)9;1-2/h4,10H,2H2,1H3,(H,6,7)(H,8,9);1-2H2. The van der Waals surface area contributed by atoms with Crippen LogP contribution in [0.1, 0.15) is 6.92 Å². The van der Waals surface area contributed by atoms with Gasteiger partial charge in [-0.05, 0) is 0 Å². The van der Waals surface area contributed by atoms with Crippen LogP contribution in [0.4, 0.5) is 0 Å². The zero-order chi connectivity index (χ0) is 10.1. The van der Waals surface area contributed by atoms with Crippen LogP contribution in [-0.2, 0) is 9.59 Å². The fourth-order valence-corrected chi connectivity index (χ4v) is 0.678. The van der Waals surface area contributed by atoms with Gasteiger partial charge in [0.2, 0.25) is 5.91 Å². The minimum absolute atomic E-state index is 0.106. The quantitative estimate of drug-likeness (QED) is 0.209. The minimum Gasteiger partial charge on any atom is -0.480 e. The SMILES string of the molecule is CC(=O)NC(CS)C(=O)O.NN. The van der Waals surface area contributed by atoms with Gasteiger partial charge in [0.15, 0.2) is 0 Å². The van der Waals surface area contributed by atoms with Gasteiger partial charge in [-0.25, -0.2) is 4.79 Å². The topological polar surface area (TPSA) is 118 Å². The summed E-state index contributed by atoms with van der Waals surface area (Å²) in [4.78, 5) is 20.5. The number of hydrazine groups is 1. The number of rotatable bonds is 3. The summed E-state index contributed by atoms with van der Waals surface area (Å²) in [6.45, 7) is 1.26. The zero-order valence-corrected chi connectivity index (χ0v) is 7.54. The summed E-state index contributed by atoms with van der Waals surface area (Å²) in [6, 6.07) is -0.874. The zero-order valence-electron chi connectivity index (χ0n) is 6.65. The Kier molecular flexibility index (Phi) is 9.54. The van der Waals surface area contributed by atoms with Gasteiger partial charge in [0.1, 0.15) is 6.04 Å². The van der Waals surface area contributed by atoms with Gasteiger partial charge in [-0.15, -0.1) is 0 Å². The number of carboxylic acids is 1. The highest BCUT2D eigenvalue weighted by atomic mass is 32.1. The van der Waals surface area contributed by atoms with E-state index in [-0.39, 0.29) is 11.7 Å². The molecule has 0 aliphatic heterocycles. The number of amides is 1. The van der Waals surface area contributed by atoms with Crippen LogP contribution >= 0.6 is 12.6 Å². The van der Waals surface area contributed by atoms with Crippen molar-refractivity contribution in [1.82, 2.24) is 5.32 Å². The number of nitrogens with one attached hydrogen (secondary N) is 1. The lowest BCUT2D eigenvalue weighted by Crippen LogP contribution is -2.40. The fraction of sp³-hybridized carbons (Fsp3) is 0.600. The van der Waals surface area contributed by atoms with Crippen LogP contribution in [0.5, 0.6) is 0 Å². The first-order chi connectivity index (χ1) is 5.57. The van der Waals surface area contributed by atoms with Crippen LogP contribution in [0.25, 0.3) is 0 Å². The van der Waals surface area contributed by atoms with E-state index in [0.717, 1.165) is 0 Å². The molecule has 7 heteroatoms. The molecule has 1 amide bonds. The largest absolute Gasteiger partial charge is 0.480 e. The van der Waals surface area contributed by atoms with E-state index < -0.39 is 12.0 Å². The minimum atomic E-state index is -1.06. The van der Waals surface area contributed by atoms with Gasteiger partial charge in [0.05, 0.1) is 0 Å². The molecule has 0 aromatic rings. The van der Waals surface area contributed by atoms with Gasteiger partial charge in [0, 0.05) is 12.7 Å². The molecule has 0 aromatic carbocycles. The molecule has 0 rings (SSSR count). The van der Waals surface area contributed by atoms with Crippen LogP contribution < -0.4 is 17.0 Å².